The third kappa shape index (κ3) is 6.04. The molecule has 16 heavy (non-hydrogen) atoms. The van der Waals surface area contributed by atoms with Crippen molar-refractivity contribution in [3.05, 3.63) is 0 Å². The van der Waals surface area contributed by atoms with E-state index in [0.717, 1.165) is 0 Å². The molecule has 2 unspecified atom stereocenters. The third-order valence-corrected chi connectivity index (χ3v) is 3.48. The number of carboxylic acid groups (broad SMARTS) is 1. The Hall–Kier alpha value is -0.660. The molecule has 0 bridgehead atoms. The Kier molecular flexibility index (Phi) is 4.90. The molecule has 0 amide bonds. The van der Waals surface area contributed by atoms with Gasteiger partial charge >= 0.3 is 5.97 Å². The minimum absolute atomic E-state index is 0.599. The molecule has 0 aromatic heterocycles. The highest BCUT2D eigenvalue weighted by Crippen LogP contribution is 2.06. The first-order valence-corrected chi connectivity index (χ1v) is 6.47. The lowest BCUT2D eigenvalue weighted by molar-refractivity contribution is -0.141. The number of hydrogen-bond acceptors (Lipinski definition) is 3. The van der Waals surface area contributed by atoms with E-state index in [9.17, 15) is 13.2 Å². The molecule has 0 aliphatic rings. The standard InChI is InChI=1S/C9H20N2O4S/c1-6(8(12)13)7(2)10-16(14,15)11-9(3,4)5/h6-7,10-11H,1-5H3,(H,12,13). The van der Waals surface area contributed by atoms with E-state index < -0.39 is 33.7 Å². The van der Waals surface area contributed by atoms with Gasteiger partial charge in [-0.15, -0.1) is 0 Å². The van der Waals surface area contributed by atoms with Gasteiger partial charge in [0.05, 0.1) is 5.92 Å². The van der Waals surface area contributed by atoms with Crippen LogP contribution in [0.3, 0.4) is 0 Å². The SMILES string of the molecule is CC(NS(=O)(=O)NC(C)(C)C)C(C)C(=O)O. The van der Waals surface area contributed by atoms with Gasteiger partial charge in [0, 0.05) is 11.6 Å². The van der Waals surface area contributed by atoms with Gasteiger partial charge in [0.2, 0.25) is 0 Å². The summed E-state index contributed by atoms with van der Waals surface area (Å²) in [6.45, 7) is 8.08. The van der Waals surface area contributed by atoms with Gasteiger partial charge in [-0.05, 0) is 27.7 Å². The van der Waals surface area contributed by atoms with Crippen molar-refractivity contribution in [2.75, 3.05) is 0 Å². The number of carboxylic acids is 1. The summed E-state index contributed by atoms with van der Waals surface area (Å²) < 4.78 is 27.8. The molecule has 0 saturated heterocycles. The summed E-state index contributed by atoms with van der Waals surface area (Å²) in [6.07, 6.45) is 0. The Morgan fingerprint density at radius 2 is 1.69 bits per heavy atom. The van der Waals surface area contributed by atoms with Crippen LogP contribution in [-0.2, 0) is 15.0 Å². The summed E-state index contributed by atoms with van der Waals surface area (Å²) in [7, 11) is -3.68. The van der Waals surface area contributed by atoms with Gasteiger partial charge in [0.25, 0.3) is 10.2 Å². The average Bonchev–Trinajstić information content (AvgIpc) is 1.96. The number of carbonyl (C=O) groups is 1. The maximum absolute atomic E-state index is 11.6. The Morgan fingerprint density at radius 3 is 2.00 bits per heavy atom. The molecule has 2 atom stereocenters. The summed E-state index contributed by atoms with van der Waals surface area (Å²) in [5.41, 5.74) is -0.599. The number of nitrogens with one attached hydrogen (secondary N) is 2. The van der Waals surface area contributed by atoms with E-state index >= 15 is 0 Å². The fraction of sp³-hybridized carbons (Fsp3) is 0.889. The van der Waals surface area contributed by atoms with Gasteiger partial charge < -0.3 is 5.11 Å². The van der Waals surface area contributed by atoms with Gasteiger partial charge in [0.15, 0.2) is 0 Å². The fourth-order valence-corrected chi connectivity index (χ4v) is 2.55. The van der Waals surface area contributed by atoms with Gasteiger partial charge in [-0.1, -0.05) is 6.92 Å². The van der Waals surface area contributed by atoms with Crippen LogP contribution >= 0.6 is 0 Å². The van der Waals surface area contributed by atoms with Crippen LogP contribution in [0.15, 0.2) is 0 Å². The molecule has 0 spiro atoms. The first-order chi connectivity index (χ1) is 6.94. The Bertz CT molecular complexity index is 345. The summed E-state index contributed by atoms with van der Waals surface area (Å²) in [5, 5.41) is 8.73. The lowest BCUT2D eigenvalue weighted by atomic mass is 10.1. The molecule has 0 aromatic carbocycles. The molecule has 0 saturated carbocycles. The summed E-state index contributed by atoms with van der Waals surface area (Å²) in [5.74, 6) is -1.82. The highest BCUT2D eigenvalue weighted by Gasteiger charge is 2.26. The number of rotatable bonds is 5. The Labute approximate surface area is 96.6 Å². The van der Waals surface area contributed by atoms with Crippen molar-refractivity contribution in [2.24, 2.45) is 5.92 Å². The van der Waals surface area contributed by atoms with Crippen LogP contribution in [0.4, 0.5) is 0 Å². The van der Waals surface area contributed by atoms with Crippen LogP contribution in [0, 0.1) is 5.92 Å². The zero-order chi connectivity index (χ0) is 13.1. The van der Waals surface area contributed by atoms with E-state index in [0.29, 0.717) is 0 Å². The monoisotopic (exact) mass is 252 g/mol. The van der Waals surface area contributed by atoms with Gasteiger partial charge in [0.1, 0.15) is 0 Å². The molecule has 0 fully saturated rings. The van der Waals surface area contributed by atoms with Gasteiger partial charge in [-0.3, -0.25) is 4.79 Å². The smallest absolute Gasteiger partial charge is 0.307 e. The second kappa shape index (κ2) is 5.11. The fourth-order valence-electron chi connectivity index (χ4n) is 0.993. The van der Waals surface area contributed by atoms with E-state index in [1.807, 2.05) is 0 Å². The number of aliphatic carboxylic acids is 1. The Balaban J connectivity index is 4.55. The normalized spacial score (nSPS) is 16.8. The van der Waals surface area contributed by atoms with Crippen molar-refractivity contribution >= 4 is 16.2 Å². The molecule has 0 heterocycles. The predicted molar refractivity (Wildman–Crippen MR) is 61.2 cm³/mol. The maximum atomic E-state index is 11.6. The van der Waals surface area contributed by atoms with Crippen LogP contribution in [0.25, 0.3) is 0 Å². The first-order valence-electron chi connectivity index (χ1n) is 4.98. The van der Waals surface area contributed by atoms with Crippen molar-refractivity contribution in [1.29, 1.82) is 0 Å². The number of hydrogen-bond donors (Lipinski definition) is 3. The molecule has 0 aliphatic carbocycles. The summed E-state index contributed by atoms with van der Waals surface area (Å²) >= 11 is 0. The van der Waals surface area contributed by atoms with E-state index in [1.54, 1.807) is 20.8 Å². The van der Waals surface area contributed by atoms with E-state index in [4.69, 9.17) is 5.11 Å². The minimum Gasteiger partial charge on any atom is -0.481 e. The van der Waals surface area contributed by atoms with Crippen molar-refractivity contribution in [3.8, 4) is 0 Å². The average molecular weight is 252 g/mol. The van der Waals surface area contributed by atoms with E-state index in [-0.39, 0.29) is 0 Å². The van der Waals surface area contributed by atoms with E-state index in [2.05, 4.69) is 9.44 Å². The van der Waals surface area contributed by atoms with Gasteiger partial charge in [-0.25, -0.2) is 0 Å². The van der Waals surface area contributed by atoms with Gasteiger partial charge in [-0.2, -0.15) is 17.9 Å². The molecule has 96 valence electrons. The highest BCUT2D eigenvalue weighted by molar-refractivity contribution is 7.87. The van der Waals surface area contributed by atoms with Crippen LogP contribution < -0.4 is 9.44 Å². The summed E-state index contributed by atoms with van der Waals surface area (Å²) in [4.78, 5) is 10.7. The van der Waals surface area contributed by atoms with Crippen LogP contribution in [0.2, 0.25) is 0 Å². The molecule has 6 nitrogen and oxygen atoms in total. The topological polar surface area (TPSA) is 95.5 Å². The Morgan fingerprint density at radius 1 is 1.25 bits per heavy atom. The molecule has 0 aliphatic heterocycles. The molecule has 0 rings (SSSR count). The quantitative estimate of drug-likeness (QED) is 0.656. The van der Waals surface area contributed by atoms with Crippen molar-refractivity contribution in [2.45, 2.75) is 46.2 Å². The molecule has 0 aromatic rings. The molecule has 0 radical (unpaired) electrons. The summed E-state index contributed by atoms with van der Waals surface area (Å²) in [6, 6.07) is -0.669. The largest absolute Gasteiger partial charge is 0.481 e. The molecular weight excluding hydrogens is 232 g/mol. The predicted octanol–water partition coefficient (Wildman–Crippen LogP) is 0.318. The lowest BCUT2D eigenvalue weighted by Crippen LogP contribution is -2.51. The first kappa shape index (κ1) is 15.3. The van der Waals surface area contributed by atoms with E-state index in [1.165, 1.54) is 13.8 Å². The molecule has 3 N–H and O–H groups in total. The molecular formula is C9H20N2O4S. The van der Waals surface area contributed by atoms with Crippen molar-refractivity contribution in [3.63, 3.8) is 0 Å². The zero-order valence-corrected chi connectivity index (χ0v) is 11.1. The highest BCUT2D eigenvalue weighted by atomic mass is 32.2. The maximum Gasteiger partial charge on any atom is 0.307 e. The van der Waals surface area contributed by atoms with Crippen molar-refractivity contribution in [1.82, 2.24) is 9.44 Å². The van der Waals surface area contributed by atoms with Crippen LogP contribution in [0.1, 0.15) is 34.6 Å². The second-order valence-electron chi connectivity index (χ2n) is 4.89. The second-order valence-corrected chi connectivity index (χ2v) is 6.34. The van der Waals surface area contributed by atoms with Crippen molar-refractivity contribution < 1.29 is 18.3 Å². The molecule has 7 heteroatoms. The third-order valence-electron chi connectivity index (χ3n) is 1.92. The zero-order valence-electron chi connectivity index (χ0n) is 10.2. The lowest BCUT2D eigenvalue weighted by Gasteiger charge is -2.24. The van der Waals surface area contributed by atoms with Crippen LogP contribution in [-0.4, -0.2) is 31.1 Å². The minimum atomic E-state index is -3.68. The van der Waals surface area contributed by atoms with Crippen LogP contribution in [0.5, 0.6) is 0 Å².